The SMILES string of the molecule is CC(=O)OCCC1(c2ccc(N)cc2)CCC1. The molecule has 0 atom stereocenters. The van der Waals surface area contributed by atoms with Gasteiger partial charge in [-0.05, 0) is 42.4 Å². The van der Waals surface area contributed by atoms with Gasteiger partial charge in [-0.2, -0.15) is 0 Å². The number of hydrogen-bond donors (Lipinski definition) is 1. The molecule has 3 nitrogen and oxygen atoms in total. The molecule has 0 radical (unpaired) electrons. The van der Waals surface area contributed by atoms with Gasteiger partial charge in [0.2, 0.25) is 0 Å². The molecule has 92 valence electrons. The molecule has 1 aliphatic rings. The lowest BCUT2D eigenvalue weighted by atomic mass is 9.63. The molecule has 0 heterocycles. The van der Waals surface area contributed by atoms with Crippen molar-refractivity contribution in [2.24, 2.45) is 0 Å². The normalized spacial score (nSPS) is 17.2. The van der Waals surface area contributed by atoms with Crippen molar-refractivity contribution < 1.29 is 9.53 Å². The van der Waals surface area contributed by atoms with Gasteiger partial charge >= 0.3 is 5.97 Å². The van der Waals surface area contributed by atoms with Crippen molar-refractivity contribution in [2.75, 3.05) is 12.3 Å². The first-order valence-electron chi connectivity index (χ1n) is 6.12. The molecule has 0 saturated heterocycles. The molecule has 3 heteroatoms. The maximum atomic E-state index is 10.8. The van der Waals surface area contributed by atoms with Crippen molar-refractivity contribution in [1.82, 2.24) is 0 Å². The fraction of sp³-hybridized carbons (Fsp3) is 0.500. The second-order valence-corrected chi connectivity index (χ2v) is 4.85. The Balaban J connectivity index is 2.03. The highest BCUT2D eigenvalue weighted by molar-refractivity contribution is 5.65. The van der Waals surface area contributed by atoms with E-state index in [9.17, 15) is 4.79 Å². The second-order valence-electron chi connectivity index (χ2n) is 4.85. The number of esters is 1. The highest BCUT2D eigenvalue weighted by Gasteiger charge is 2.38. The summed E-state index contributed by atoms with van der Waals surface area (Å²) in [5.74, 6) is -0.197. The Hall–Kier alpha value is -1.51. The number of rotatable bonds is 4. The van der Waals surface area contributed by atoms with E-state index in [1.165, 1.54) is 31.7 Å². The summed E-state index contributed by atoms with van der Waals surface area (Å²) in [6, 6.07) is 8.09. The Bertz CT molecular complexity index is 393. The maximum Gasteiger partial charge on any atom is 0.302 e. The first-order chi connectivity index (χ1) is 8.12. The zero-order valence-corrected chi connectivity index (χ0v) is 10.2. The Morgan fingerprint density at radius 1 is 1.35 bits per heavy atom. The average Bonchev–Trinajstić information content (AvgIpc) is 2.23. The lowest BCUT2D eigenvalue weighted by molar-refractivity contribution is -0.141. The average molecular weight is 233 g/mol. The quantitative estimate of drug-likeness (QED) is 0.642. The third-order valence-corrected chi connectivity index (χ3v) is 3.72. The first kappa shape index (κ1) is 12.0. The molecular formula is C14H19NO2. The largest absolute Gasteiger partial charge is 0.466 e. The van der Waals surface area contributed by atoms with Gasteiger partial charge in [0.25, 0.3) is 0 Å². The molecule has 0 aliphatic heterocycles. The molecule has 0 spiro atoms. The van der Waals surface area contributed by atoms with Gasteiger partial charge in [-0.25, -0.2) is 0 Å². The standard InChI is InChI=1S/C14H19NO2/c1-11(16)17-10-9-14(7-2-8-14)12-3-5-13(15)6-4-12/h3-6H,2,7-10,15H2,1H3. The van der Waals surface area contributed by atoms with Crippen LogP contribution < -0.4 is 5.73 Å². The molecule has 1 aliphatic carbocycles. The molecule has 1 saturated carbocycles. The molecule has 17 heavy (non-hydrogen) atoms. The summed E-state index contributed by atoms with van der Waals surface area (Å²) in [5.41, 5.74) is 8.03. The monoisotopic (exact) mass is 233 g/mol. The molecule has 2 rings (SSSR count). The lowest BCUT2D eigenvalue weighted by Crippen LogP contribution is -2.35. The third-order valence-electron chi connectivity index (χ3n) is 3.72. The van der Waals surface area contributed by atoms with Crippen LogP contribution in [0, 0.1) is 0 Å². The van der Waals surface area contributed by atoms with Gasteiger partial charge in [0.05, 0.1) is 6.61 Å². The Morgan fingerprint density at radius 3 is 2.47 bits per heavy atom. The molecule has 1 fully saturated rings. The minimum atomic E-state index is -0.197. The number of ether oxygens (including phenoxy) is 1. The molecule has 0 bridgehead atoms. The van der Waals surface area contributed by atoms with Gasteiger partial charge in [0.1, 0.15) is 0 Å². The van der Waals surface area contributed by atoms with E-state index < -0.39 is 0 Å². The zero-order chi connectivity index (χ0) is 12.3. The predicted molar refractivity (Wildman–Crippen MR) is 67.6 cm³/mol. The Kier molecular flexibility index (Phi) is 3.36. The van der Waals surface area contributed by atoms with Crippen LogP contribution in [0.3, 0.4) is 0 Å². The van der Waals surface area contributed by atoms with E-state index in [0.29, 0.717) is 6.61 Å². The van der Waals surface area contributed by atoms with Crippen molar-refractivity contribution >= 4 is 11.7 Å². The smallest absolute Gasteiger partial charge is 0.302 e. The molecule has 1 aromatic rings. The van der Waals surface area contributed by atoms with Gasteiger partial charge in [0, 0.05) is 12.6 Å². The van der Waals surface area contributed by atoms with Crippen LogP contribution in [0.1, 0.15) is 38.2 Å². The number of nitrogens with two attached hydrogens (primary N) is 1. The van der Waals surface area contributed by atoms with Crippen molar-refractivity contribution in [3.8, 4) is 0 Å². The number of anilines is 1. The topological polar surface area (TPSA) is 52.3 Å². The van der Waals surface area contributed by atoms with E-state index in [0.717, 1.165) is 12.1 Å². The van der Waals surface area contributed by atoms with Crippen LogP contribution in [0.2, 0.25) is 0 Å². The molecule has 0 aromatic heterocycles. The van der Waals surface area contributed by atoms with E-state index in [2.05, 4.69) is 12.1 Å². The summed E-state index contributed by atoms with van der Waals surface area (Å²) in [7, 11) is 0. The number of hydrogen-bond acceptors (Lipinski definition) is 3. The Morgan fingerprint density at radius 2 is 2.00 bits per heavy atom. The van der Waals surface area contributed by atoms with E-state index in [-0.39, 0.29) is 11.4 Å². The molecule has 0 unspecified atom stereocenters. The highest BCUT2D eigenvalue weighted by atomic mass is 16.5. The van der Waals surface area contributed by atoms with E-state index >= 15 is 0 Å². The van der Waals surface area contributed by atoms with Crippen molar-refractivity contribution in [3.63, 3.8) is 0 Å². The fourth-order valence-corrected chi connectivity index (χ4v) is 2.51. The number of carbonyl (C=O) groups excluding carboxylic acids is 1. The molecule has 0 amide bonds. The minimum absolute atomic E-state index is 0.197. The van der Waals surface area contributed by atoms with Crippen LogP contribution in [0.15, 0.2) is 24.3 Å². The van der Waals surface area contributed by atoms with E-state index in [1.807, 2.05) is 12.1 Å². The van der Waals surface area contributed by atoms with Gasteiger partial charge in [-0.1, -0.05) is 18.6 Å². The first-order valence-corrected chi connectivity index (χ1v) is 6.12. The van der Waals surface area contributed by atoms with Crippen LogP contribution in [-0.4, -0.2) is 12.6 Å². The lowest BCUT2D eigenvalue weighted by Gasteiger charge is -2.42. The zero-order valence-electron chi connectivity index (χ0n) is 10.2. The highest BCUT2D eigenvalue weighted by Crippen LogP contribution is 2.46. The minimum Gasteiger partial charge on any atom is -0.466 e. The van der Waals surface area contributed by atoms with E-state index in [4.69, 9.17) is 10.5 Å². The van der Waals surface area contributed by atoms with Crippen molar-refractivity contribution in [2.45, 2.75) is 38.0 Å². The second kappa shape index (κ2) is 4.78. The molecule has 1 aromatic carbocycles. The summed E-state index contributed by atoms with van der Waals surface area (Å²) in [5, 5.41) is 0. The number of nitrogen functional groups attached to an aromatic ring is 1. The van der Waals surface area contributed by atoms with Crippen LogP contribution in [0.25, 0.3) is 0 Å². The van der Waals surface area contributed by atoms with Crippen LogP contribution in [-0.2, 0) is 14.9 Å². The summed E-state index contributed by atoms with van der Waals surface area (Å²) in [4.78, 5) is 10.8. The summed E-state index contributed by atoms with van der Waals surface area (Å²) < 4.78 is 5.05. The van der Waals surface area contributed by atoms with E-state index in [1.54, 1.807) is 0 Å². The van der Waals surface area contributed by atoms with Crippen molar-refractivity contribution in [1.29, 1.82) is 0 Å². The molecule has 2 N–H and O–H groups in total. The summed E-state index contributed by atoms with van der Waals surface area (Å²) in [6.45, 7) is 1.97. The predicted octanol–water partition coefficient (Wildman–Crippen LogP) is 2.64. The van der Waals surface area contributed by atoms with Gasteiger partial charge in [-0.3, -0.25) is 4.79 Å². The van der Waals surface area contributed by atoms with Gasteiger partial charge in [0.15, 0.2) is 0 Å². The number of benzene rings is 1. The van der Waals surface area contributed by atoms with Crippen LogP contribution >= 0.6 is 0 Å². The summed E-state index contributed by atoms with van der Waals surface area (Å²) in [6.07, 6.45) is 4.53. The van der Waals surface area contributed by atoms with Crippen LogP contribution in [0.5, 0.6) is 0 Å². The number of carbonyl (C=O) groups is 1. The van der Waals surface area contributed by atoms with Gasteiger partial charge in [-0.15, -0.1) is 0 Å². The fourth-order valence-electron chi connectivity index (χ4n) is 2.51. The third kappa shape index (κ3) is 2.60. The Labute approximate surface area is 102 Å². The van der Waals surface area contributed by atoms with Crippen molar-refractivity contribution in [3.05, 3.63) is 29.8 Å². The summed E-state index contributed by atoms with van der Waals surface area (Å²) >= 11 is 0. The van der Waals surface area contributed by atoms with Gasteiger partial charge < -0.3 is 10.5 Å². The maximum absolute atomic E-state index is 10.8. The van der Waals surface area contributed by atoms with Crippen LogP contribution in [0.4, 0.5) is 5.69 Å². The molecular weight excluding hydrogens is 214 g/mol.